The monoisotopic (exact) mass is 627 g/mol. The van der Waals surface area contributed by atoms with Gasteiger partial charge < -0.3 is 24.5 Å². The summed E-state index contributed by atoms with van der Waals surface area (Å²) in [7, 11) is 0. The Morgan fingerprint density at radius 3 is 2.38 bits per heavy atom. The molecule has 6 atom stereocenters. The number of nitrogens with zero attached hydrogens (tertiary/aromatic N) is 3. The number of carbonyl (C=O) groups excluding carboxylic acids is 3. The van der Waals surface area contributed by atoms with Gasteiger partial charge in [-0.25, -0.2) is 0 Å². The van der Waals surface area contributed by atoms with Gasteiger partial charge in [-0.2, -0.15) is 0 Å². The smallest absolute Gasteiger partial charge is 0.253 e. The number of halogens is 2. The van der Waals surface area contributed by atoms with Crippen molar-refractivity contribution in [2.45, 2.75) is 29.0 Å². The second-order valence-electron chi connectivity index (χ2n) is 10.2. The number of para-hydroxylation sites is 2. The van der Waals surface area contributed by atoms with E-state index < -0.39 is 35.5 Å². The van der Waals surface area contributed by atoms with E-state index in [0.717, 1.165) is 0 Å². The Hall–Kier alpha value is -2.98. The van der Waals surface area contributed by atoms with Gasteiger partial charge in [0.05, 0.1) is 35.3 Å². The van der Waals surface area contributed by atoms with E-state index in [-0.39, 0.29) is 42.9 Å². The first-order valence-electron chi connectivity index (χ1n) is 13.2. The van der Waals surface area contributed by atoms with Gasteiger partial charge in [0.15, 0.2) is 0 Å². The summed E-state index contributed by atoms with van der Waals surface area (Å²) in [5.41, 5.74) is -0.113. The summed E-state index contributed by atoms with van der Waals surface area (Å²) in [6, 6.07) is 15.1. The molecule has 3 fully saturated rings. The molecule has 1 spiro atoms. The van der Waals surface area contributed by atoms with Crippen molar-refractivity contribution in [2.24, 2.45) is 11.8 Å². The van der Waals surface area contributed by atoms with Crippen LogP contribution in [0.5, 0.6) is 0 Å². The van der Waals surface area contributed by atoms with Crippen LogP contribution in [0.3, 0.4) is 0 Å². The molecule has 10 heteroatoms. The fraction of sp³-hybridized carbons (Fsp3) is 0.367. The highest BCUT2D eigenvalue weighted by atomic mass is 79.9. The zero-order valence-corrected chi connectivity index (χ0v) is 24.2. The SMILES string of the molecule is C=CCN(C(=O)[C@H]1[C@H]2C(=O)N(CCO)C(C(=O)N(CC=C)c3ccccc3Cl)C23CC(Br)[C@@H]1O3)c1ccccc1. The zero-order valence-electron chi connectivity index (χ0n) is 21.9. The van der Waals surface area contributed by atoms with Gasteiger partial charge in [-0.15, -0.1) is 13.2 Å². The quantitative estimate of drug-likeness (QED) is 0.319. The summed E-state index contributed by atoms with van der Waals surface area (Å²) in [6.07, 6.45) is 2.96. The van der Waals surface area contributed by atoms with Crippen LogP contribution >= 0.6 is 27.5 Å². The van der Waals surface area contributed by atoms with Crippen LogP contribution in [0.2, 0.25) is 5.02 Å². The second-order valence-corrected chi connectivity index (χ2v) is 11.8. The molecule has 0 aliphatic carbocycles. The van der Waals surface area contributed by atoms with Gasteiger partial charge in [-0.3, -0.25) is 14.4 Å². The number of anilines is 2. The molecule has 2 aromatic carbocycles. The van der Waals surface area contributed by atoms with E-state index in [1.54, 1.807) is 41.3 Å². The average Bonchev–Trinajstić information content (AvgIpc) is 3.54. The summed E-state index contributed by atoms with van der Waals surface area (Å²) < 4.78 is 6.60. The van der Waals surface area contributed by atoms with Gasteiger partial charge in [0.2, 0.25) is 11.8 Å². The van der Waals surface area contributed by atoms with E-state index in [9.17, 15) is 19.5 Å². The number of amides is 3. The van der Waals surface area contributed by atoms with Gasteiger partial charge in [0.25, 0.3) is 5.91 Å². The lowest BCUT2D eigenvalue weighted by Gasteiger charge is -2.37. The third-order valence-electron chi connectivity index (χ3n) is 8.02. The Balaban J connectivity index is 1.58. The van der Waals surface area contributed by atoms with Crippen LogP contribution in [0.25, 0.3) is 0 Å². The summed E-state index contributed by atoms with van der Waals surface area (Å²) in [5.74, 6) is -2.79. The van der Waals surface area contributed by atoms with Crippen LogP contribution in [0, 0.1) is 11.8 Å². The van der Waals surface area contributed by atoms with Crippen LogP contribution in [-0.2, 0) is 19.1 Å². The highest BCUT2D eigenvalue weighted by molar-refractivity contribution is 9.09. The molecule has 40 heavy (non-hydrogen) atoms. The van der Waals surface area contributed by atoms with Crippen molar-refractivity contribution >= 4 is 56.6 Å². The number of aliphatic hydroxyl groups excluding tert-OH is 1. The van der Waals surface area contributed by atoms with Crippen LogP contribution < -0.4 is 9.80 Å². The van der Waals surface area contributed by atoms with Gasteiger partial charge in [0, 0.05) is 30.1 Å². The summed E-state index contributed by atoms with van der Waals surface area (Å²) >= 11 is 10.2. The normalized spacial score (nSPS) is 28.3. The van der Waals surface area contributed by atoms with Crippen molar-refractivity contribution in [3.05, 3.63) is 84.9 Å². The third kappa shape index (κ3) is 4.49. The lowest BCUT2D eigenvalue weighted by Crippen LogP contribution is -2.57. The fourth-order valence-electron chi connectivity index (χ4n) is 6.53. The molecule has 2 aromatic rings. The summed E-state index contributed by atoms with van der Waals surface area (Å²) in [6.45, 7) is 7.59. The van der Waals surface area contributed by atoms with E-state index >= 15 is 0 Å². The number of carbonyl (C=O) groups is 3. The molecule has 210 valence electrons. The lowest BCUT2D eigenvalue weighted by atomic mass is 9.70. The highest BCUT2D eigenvalue weighted by Gasteiger charge is 2.77. The van der Waals surface area contributed by atoms with E-state index in [0.29, 0.717) is 22.8 Å². The first-order valence-corrected chi connectivity index (χ1v) is 14.5. The first-order chi connectivity index (χ1) is 19.3. The standard InChI is InChI=1S/C30H31BrClN3O5/c1-3-14-33(19-10-6-5-7-11-19)27(37)23-24-28(38)35(16-17-36)26(30(24)18-20(31)25(23)40-30)29(39)34(15-4-2)22-13-9-8-12-21(22)32/h3-13,20,23-26,36H,1-2,14-18H2/t20?,23-,24-,25-,26?,30?/m0/s1. The van der Waals surface area contributed by atoms with Crippen LogP contribution in [0.1, 0.15) is 6.42 Å². The number of benzene rings is 2. The Morgan fingerprint density at radius 2 is 1.73 bits per heavy atom. The average molecular weight is 629 g/mol. The number of hydrogen-bond acceptors (Lipinski definition) is 5. The number of likely N-dealkylation sites (tertiary alicyclic amines) is 1. The number of hydrogen-bond donors (Lipinski definition) is 1. The molecule has 3 aliphatic rings. The van der Waals surface area contributed by atoms with Crippen molar-refractivity contribution < 1.29 is 24.2 Å². The molecule has 2 bridgehead atoms. The number of aliphatic hydroxyl groups is 1. The maximum absolute atomic E-state index is 14.4. The zero-order chi connectivity index (χ0) is 28.6. The third-order valence-corrected chi connectivity index (χ3v) is 9.18. The van der Waals surface area contributed by atoms with Gasteiger partial charge in [-0.1, -0.05) is 70.0 Å². The molecule has 3 unspecified atom stereocenters. The van der Waals surface area contributed by atoms with Crippen molar-refractivity contribution in [1.29, 1.82) is 0 Å². The lowest BCUT2D eigenvalue weighted by molar-refractivity contribution is -0.141. The van der Waals surface area contributed by atoms with Crippen molar-refractivity contribution in [3.8, 4) is 0 Å². The van der Waals surface area contributed by atoms with Crippen LogP contribution in [-0.4, -0.2) is 76.5 Å². The Labute approximate surface area is 247 Å². The molecule has 3 amide bonds. The molecular formula is C30H31BrClN3O5. The molecule has 8 nitrogen and oxygen atoms in total. The molecule has 0 radical (unpaired) electrons. The van der Waals surface area contributed by atoms with E-state index in [1.807, 2.05) is 30.3 Å². The minimum atomic E-state index is -1.26. The highest BCUT2D eigenvalue weighted by Crippen LogP contribution is 2.60. The number of fused-ring (bicyclic) bond motifs is 1. The number of β-amino-alcohol motifs (C(OH)–C–C–N with tert-alkyl or cyclic N) is 1. The fourth-order valence-corrected chi connectivity index (χ4v) is 7.71. The first kappa shape index (κ1) is 28.5. The Bertz CT molecular complexity index is 1330. The number of rotatable bonds is 10. The Kier molecular flexibility index (Phi) is 8.20. The minimum absolute atomic E-state index is 0.0745. The van der Waals surface area contributed by atoms with Gasteiger partial charge >= 0.3 is 0 Å². The van der Waals surface area contributed by atoms with Gasteiger partial charge in [0.1, 0.15) is 11.6 Å². The molecular weight excluding hydrogens is 598 g/mol. The second kappa shape index (κ2) is 11.5. The molecule has 3 heterocycles. The number of alkyl halides is 1. The number of ether oxygens (including phenoxy) is 1. The van der Waals surface area contributed by atoms with Crippen molar-refractivity contribution in [2.75, 3.05) is 36.0 Å². The topological polar surface area (TPSA) is 90.4 Å². The molecule has 1 N–H and O–H groups in total. The van der Waals surface area contributed by atoms with Crippen LogP contribution in [0.15, 0.2) is 79.9 Å². The van der Waals surface area contributed by atoms with E-state index in [4.69, 9.17) is 16.3 Å². The molecule has 0 saturated carbocycles. The predicted octanol–water partition coefficient (Wildman–Crippen LogP) is 3.82. The largest absolute Gasteiger partial charge is 0.395 e. The van der Waals surface area contributed by atoms with Crippen molar-refractivity contribution in [1.82, 2.24) is 4.90 Å². The maximum atomic E-state index is 14.4. The molecule has 0 aromatic heterocycles. The van der Waals surface area contributed by atoms with E-state index in [1.165, 1.54) is 9.80 Å². The van der Waals surface area contributed by atoms with E-state index in [2.05, 4.69) is 29.1 Å². The predicted molar refractivity (Wildman–Crippen MR) is 157 cm³/mol. The maximum Gasteiger partial charge on any atom is 0.253 e. The van der Waals surface area contributed by atoms with Gasteiger partial charge in [-0.05, 0) is 30.7 Å². The summed E-state index contributed by atoms with van der Waals surface area (Å²) in [4.78, 5) is 47.0. The molecule has 3 aliphatic heterocycles. The molecule has 5 rings (SSSR count). The minimum Gasteiger partial charge on any atom is -0.395 e. The molecule has 3 saturated heterocycles. The summed E-state index contributed by atoms with van der Waals surface area (Å²) in [5, 5.41) is 10.3. The Morgan fingerprint density at radius 1 is 1.07 bits per heavy atom. The van der Waals surface area contributed by atoms with Crippen molar-refractivity contribution in [3.63, 3.8) is 0 Å². The van der Waals surface area contributed by atoms with Crippen LogP contribution in [0.4, 0.5) is 11.4 Å².